The van der Waals surface area contributed by atoms with Gasteiger partial charge in [0, 0.05) is 18.0 Å². The highest BCUT2D eigenvalue weighted by Gasteiger charge is 2.31. The maximum atomic E-state index is 13.3. The first-order chi connectivity index (χ1) is 15.8. The van der Waals surface area contributed by atoms with Gasteiger partial charge in [0.2, 0.25) is 0 Å². The molecule has 0 spiro atoms. The first kappa shape index (κ1) is 22.8. The zero-order valence-corrected chi connectivity index (χ0v) is 17.8. The van der Waals surface area contributed by atoms with Gasteiger partial charge >= 0.3 is 12.7 Å². The number of ether oxygens (including phenoxy) is 1. The molecule has 172 valence electrons. The Kier molecular flexibility index (Phi) is 6.36. The summed E-state index contributed by atoms with van der Waals surface area (Å²) >= 11 is 1.03. The zero-order valence-electron chi connectivity index (χ0n) is 17.0. The van der Waals surface area contributed by atoms with Crippen LogP contribution in [0, 0.1) is 0 Å². The Labute approximate surface area is 189 Å². The molecule has 4 aromatic rings. The van der Waals surface area contributed by atoms with Crippen molar-refractivity contribution in [1.82, 2.24) is 24.3 Å². The molecular formula is C21H16F5N5OS. The average Bonchev–Trinajstić information content (AvgIpc) is 3.44. The van der Waals surface area contributed by atoms with E-state index >= 15 is 0 Å². The summed E-state index contributed by atoms with van der Waals surface area (Å²) in [6.45, 7) is -2.76. The van der Waals surface area contributed by atoms with Crippen molar-refractivity contribution in [1.29, 1.82) is 0 Å². The van der Waals surface area contributed by atoms with Crippen molar-refractivity contribution in [2.75, 3.05) is 7.11 Å². The van der Waals surface area contributed by atoms with E-state index in [0.29, 0.717) is 15.9 Å². The quantitative estimate of drug-likeness (QED) is 0.245. The molecule has 0 aliphatic carbocycles. The highest BCUT2D eigenvalue weighted by atomic mass is 32.2. The molecule has 0 aliphatic heterocycles. The summed E-state index contributed by atoms with van der Waals surface area (Å²) in [4.78, 5) is 3.93. The molecule has 0 radical (unpaired) electrons. The first-order valence-corrected chi connectivity index (χ1v) is 10.5. The van der Waals surface area contributed by atoms with Crippen LogP contribution in [0.25, 0.3) is 17.1 Å². The fourth-order valence-corrected chi connectivity index (χ4v) is 4.01. The van der Waals surface area contributed by atoms with Gasteiger partial charge in [0.05, 0.1) is 24.1 Å². The number of rotatable bonds is 7. The van der Waals surface area contributed by atoms with Crippen LogP contribution < -0.4 is 4.74 Å². The fourth-order valence-electron chi connectivity index (χ4n) is 3.11. The number of imidazole rings is 1. The number of benzene rings is 2. The molecule has 2 aromatic carbocycles. The molecule has 0 aliphatic rings. The van der Waals surface area contributed by atoms with Crippen molar-refractivity contribution in [2.45, 2.75) is 23.6 Å². The van der Waals surface area contributed by atoms with Crippen LogP contribution in [0.1, 0.15) is 17.9 Å². The Balaban J connectivity index is 1.77. The number of alkyl halides is 5. The highest BCUT2D eigenvalue weighted by molar-refractivity contribution is 7.98. The van der Waals surface area contributed by atoms with Crippen molar-refractivity contribution in [3.63, 3.8) is 0 Å². The minimum atomic E-state index is -4.54. The van der Waals surface area contributed by atoms with Gasteiger partial charge in [0.25, 0.3) is 0 Å². The molecule has 2 heterocycles. The molecule has 0 bridgehead atoms. The summed E-state index contributed by atoms with van der Waals surface area (Å²) in [7, 11) is 1.51. The summed E-state index contributed by atoms with van der Waals surface area (Å²) in [5.74, 6) is 0.991. The Morgan fingerprint density at radius 2 is 1.82 bits per heavy atom. The van der Waals surface area contributed by atoms with Gasteiger partial charge in [-0.2, -0.15) is 22.0 Å². The molecule has 0 saturated carbocycles. The van der Waals surface area contributed by atoms with E-state index < -0.39 is 18.3 Å². The molecule has 0 N–H and O–H groups in total. The van der Waals surface area contributed by atoms with Crippen LogP contribution in [-0.2, 0) is 11.9 Å². The first-order valence-electron chi connectivity index (χ1n) is 9.48. The van der Waals surface area contributed by atoms with Crippen LogP contribution in [0.3, 0.4) is 0 Å². The number of methoxy groups -OCH3 is 1. The van der Waals surface area contributed by atoms with Crippen molar-refractivity contribution < 1.29 is 26.7 Å². The lowest BCUT2D eigenvalue weighted by atomic mass is 10.1. The van der Waals surface area contributed by atoms with E-state index in [1.54, 1.807) is 24.3 Å². The van der Waals surface area contributed by atoms with Gasteiger partial charge in [-0.1, -0.05) is 17.8 Å². The summed E-state index contributed by atoms with van der Waals surface area (Å²) in [6, 6.07) is 11.5. The van der Waals surface area contributed by atoms with Crippen molar-refractivity contribution in [2.24, 2.45) is 0 Å². The second-order valence-electron chi connectivity index (χ2n) is 6.74. The third-order valence-corrected chi connectivity index (χ3v) is 5.63. The molecule has 0 amide bonds. The SMILES string of the molecule is COc1ccc(-c2nnc(SCc3nccn3C(F)F)n2-c2cccc(C(F)(F)F)c2)cc1. The normalized spacial score (nSPS) is 11.8. The predicted molar refractivity (Wildman–Crippen MR) is 111 cm³/mol. The molecule has 2 aromatic heterocycles. The van der Waals surface area contributed by atoms with E-state index in [9.17, 15) is 22.0 Å². The highest BCUT2D eigenvalue weighted by Crippen LogP contribution is 2.34. The number of halogens is 5. The molecule has 0 fully saturated rings. The lowest BCUT2D eigenvalue weighted by Gasteiger charge is -2.13. The van der Waals surface area contributed by atoms with Crippen LogP contribution in [0.2, 0.25) is 0 Å². The molecule has 6 nitrogen and oxygen atoms in total. The van der Waals surface area contributed by atoms with Crippen LogP contribution in [0.15, 0.2) is 66.1 Å². The Morgan fingerprint density at radius 3 is 2.48 bits per heavy atom. The molecule has 4 rings (SSSR count). The number of aromatic nitrogens is 5. The third-order valence-electron chi connectivity index (χ3n) is 4.70. The van der Waals surface area contributed by atoms with Gasteiger partial charge in [-0.3, -0.25) is 9.13 Å². The summed E-state index contributed by atoms with van der Waals surface area (Å²) in [5, 5.41) is 8.50. The Bertz CT molecular complexity index is 1240. The molecule has 0 saturated heterocycles. The van der Waals surface area contributed by atoms with E-state index in [0.717, 1.165) is 30.1 Å². The smallest absolute Gasteiger partial charge is 0.416 e. The maximum Gasteiger partial charge on any atom is 0.416 e. The predicted octanol–water partition coefficient (Wildman–Crippen LogP) is 5.85. The lowest BCUT2D eigenvalue weighted by molar-refractivity contribution is -0.137. The van der Waals surface area contributed by atoms with Gasteiger partial charge in [-0.05, 0) is 42.5 Å². The van der Waals surface area contributed by atoms with Crippen molar-refractivity contribution >= 4 is 11.8 Å². The van der Waals surface area contributed by atoms with E-state index in [4.69, 9.17) is 4.74 Å². The standard InChI is InChI=1S/C21H16F5N5OS/c1-32-16-7-5-13(6-8-16)18-28-29-20(33-12-17-27-9-10-30(17)19(22)23)31(18)15-4-2-3-14(11-15)21(24,25)26/h2-11,19H,12H2,1H3. The van der Waals surface area contributed by atoms with Gasteiger partial charge in [-0.15, -0.1) is 10.2 Å². The largest absolute Gasteiger partial charge is 0.497 e. The van der Waals surface area contributed by atoms with E-state index in [2.05, 4.69) is 15.2 Å². The number of thioether (sulfide) groups is 1. The second kappa shape index (κ2) is 9.22. The number of nitrogens with zero attached hydrogens (tertiary/aromatic N) is 5. The maximum absolute atomic E-state index is 13.3. The minimum Gasteiger partial charge on any atom is -0.497 e. The van der Waals surface area contributed by atoms with E-state index in [1.165, 1.54) is 30.0 Å². The number of hydrogen-bond donors (Lipinski definition) is 0. The average molecular weight is 481 g/mol. The Hall–Kier alpha value is -3.41. The van der Waals surface area contributed by atoms with Crippen LogP contribution in [0.5, 0.6) is 5.75 Å². The molecule has 0 atom stereocenters. The third kappa shape index (κ3) is 4.85. The summed E-state index contributed by atoms with van der Waals surface area (Å²) in [5.41, 5.74) is -0.0689. The van der Waals surface area contributed by atoms with Crippen LogP contribution >= 0.6 is 11.8 Å². The van der Waals surface area contributed by atoms with Gasteiger partial charge in [-0.25, -0.2) is 4.98 Å². The molecule has 0 unspecified atom stereocenters. The Morgan fingerprint density at radius 1 is 1.06 bits per heavy atom. The molecule has 12 heteroatoms. The minimum absolute atomic E-state index is 0.0110. The summed E-state index contributed by atoms with van der Waals surface area (Å²) in [6.07, 6.45) is -2.14. The topological polar surface area (TPSA) is 57.8 Å². The van der Waals surface area contributed by atoms with E-state index in [-0.39, 0.29) is 28.2 Å². The zero-order chi connectivity index (χ0) is 23.6. The van der Waals surface area contributed by atoms with Gasteiger partial charge in [0.1, 0.15) is 11.6 Å². The summed E-state index contributed by atoms with van der Waals surface area (Å²) < 4.78 is 73.6. The number of hydrogen-bond acceptors (Lipinski definition) is 5. The monoisotopic (exact) mass is 481 g/mol. The van der Waals surface area contributed by atoms with Crippen molar-refractivity contribution in [3.8, 4) is 22.8 Å². The van der Waals surface area contributed by atoms with Crippen molar-refractivity contribution in [3.05, 3.63) is 72.3 Å². The van der Waals surface area contributed by atoms with Gasteiger partial charge < -0.3 is 4.74 Å². The van der Waals surface area contributed by atoms with E-state index in [1.807, 2.05) is 0 Å². The molecular weight excluding hydrogens is 465 g/mol. The molecule has 33 heavy (non-hydrogen) atoms. The van der Waals surface area contributed by atoms with Crippen LogP contribution in [-0.4, -0.2) is 31.4 Å². The van der Waals surface area contributed by atoms with Gasteiger partial charge in [0.15, 0.2) is 11.0 Å². The lowest BCUT2D eigenvalue weighted by Crippen LogP contribution is -2.07. The fraction of sp³-hybridized carbons (Fsp3) is 0.190. The van der Waals surface area contributed by atoms with Crippen LogP contribution in [0.4, 0.5) is 22.0 Å². The second-order valence-corrected chi connectivity index (χ2v) is 7.68.